The van der Waals surface area contributed by atoms with Crippen LogP contribution in [0.2, 0.25) is 0 Å². The molecule has 0 amide bonds. The molecule has 1 saturated carbocycles. The molecule has 1 aromatic carbocycles. The van der Waals surface area contributed by atoms with Gasteiger partial charge in [0.2, 0.25) is 0 Å². The molecule has 0 radical (unpaired) electrons. The summed E-state index contributed by atoms with van der Waals surface area (Å²) in [5.74, 6) is 5.82. The molecule has 18 heavy (non-hydrogen) atoms. The zero-order valence-corrected chi connectivity index (χ0v) is 11.6. The van der Waals surface area contributed by atoms with Crippen molar-refractivity contribution in [3.63, 3.8) is 0 Å². The standard InChI is InChI=1S/C16H25NO/c1-16(2)9-4-7-15(12-16)14-6-3-5-13(11-14)8-10-18-17/h3,5-6,11,15H,4,7-10,12,17H2,1-2H3. The Balaban J connectivity index is 2.07. The Kier molecular flexibility index (Phi) is 4.41. The molecule has 0 aromatic heterocycles. The first-order valence-electron chi connectivity index (χ1n) is 7.01. The van der Waals surface area contributed by atoms with Crippen LogP contribution in [0, 0.1) is 5.41 Å². The van der Waals surface area contributed by atoms with Crippen LogP contribution >= 0.6 is 0 Å². The van der Waals surface area contributed by atoms with E-state index in [4.69, 9.17) is 5.90 Å². The van der Waals surface area contributed by atoms with E-state index >= 15 is 0 Å². The predicted octanol–water partition coefficient (Wildman–Crippen LogP) is 3.80. The van der Waals surface area contributed by atoms with Crippen LogP contribution in [0.25, 0.3) is 0 Å². The van der Waals surface area contributed by atoms with E-state index in [0.29, 0.717) is 12.0 Å². The van der Waals surface area contributed by atoms with Gasteiger partial charge >= 0.3 is 0 Å². The molecule has 100 valence electrons. The molecule has 1 unspecified atom stereocenters. The quantitative estimate of drug-likeness (QED) is 0.821. The molecule has 0 heterocycles. The molecule has 1 aliphatic carbocycles. The molecule has 0 saturated heterocycles. The number of hydrogen-bond donors (Lipinski definition) is 1. The van der Waals surface area contributed by atoms with Gasteiger partial charge in [0.1, 0.15) is 0 Å². The minimum absolute atomic E-state index is 0.499. The Morgan fingerprint density at radius 2 is 2.22 bits per heavy atom. The molecule has 2 nitrogen and oxygen atoms in total. The van der Waals surface area contributed by atoms with Crippen LogP contribution < -0.4 is 5.90 Å². The van der Waals surface area contributed by atoms with Gasteiger partial charge in [-0.25, -0.2) is 5.90 Å². The molecule has 1 fully saturated rings. The number of nitrogens with two attached hydrogens (primary N) is 1. The van der Waals surface area contributed by atoms with Crippen molar-refractivity contribution in [2.75, 3.05) is 6.61 Å². The van der Waals surface area contributed by atoms with Crippen LogP contribution in [0.5, 0.6) is 0 Å². The van der Waals surface area contributed by atoms with Crippen LogP contribution in [0.15, 0.2) is 24.3 Å². The number of hydrogen-bond acceptors (Lipinski definition) is 2. The summed E-state index contributed by atoms with van der Waals surface area (Å²) in [5, 5.41) is 0. The zero-order chi connectivity index (χ0) is 13.0. The molecule has 0 spiro atoms. The smallest absolute Gasteiger partial charge is 0.0719 e. The van der Waals surface area contributed by atoms with Gasteiger partial charge in [-0.05, 0) is 48.1 Å². The van der Waals surface area contributed by atoms with E-state index in [1.807, 2.05) is 0 Å². The third-order valence-electron chi connectivity index (χ3n) is 4.14. The van der Waals surface area contributed by atoms with Crippen molar-refractivity contribution in [1.29, 1.82) is 0 Å². The van der Waals surface area contributed by atoms with Gasteiger partial charge in [0.25, 0.3) is 0 Å². The van der Waals surface area contributed by atoms with Gasteiger partial charge in [0.15, 0.2) is 0 Å². The predicted molar refractivity (Wildman–Crippen MR) is 75.3 cm³/mol. The summed E-state index contributed by atoms with van der Waals surface area (Å²) in [6.45, 7) is 5.39. The number of benzene rings is 1. The molecule has 0 aliphatic heterocycles. The normalized spacial score (nSPS) is 22.9. The van der Waals surface area contributed by atoms with Crippen molar-refractivity contribution in [1.82, 2.24) is 0 Å². The molecular weight excluding hydrogens is 222 g/mol. The first-order valence-corrected chi connectivity index (χ1v) is 7.01. The van der Waals surface area contributed by atoms with Crippen LogP contribution in [-0.2, 0) is 11.3 Å². The Bertz CT molecular complexity index is 386. The summed E-state index contributed by atoms with van der Waals surface area (Å²) in [4.78, 5) is 4.66. The summed E-state index contributed by atoms with van der Waals surface area (Å²) in [6, 6.07) is 8.95. The lowest BCUT2D eigenvalue weighted by atomic mass is 9.70. The third-order valence-corrected chi connectivity index (χ3v) is 4.14. The second kappa shape index (κ2) is 5.85. The van der Waals surface area contributed by atoms with Crippen molar-refractivity contribution < 1.29 is 4.84 Å². The van der Waals surface area contributed by atoms with Gasteiger partial charge in [0, 0.05) is 0 Å². The fourth-order valence-corrected chi connectivity index (χ4v) is 3.16. The second-order valence-electron chi connectivity index (χ2n) is 6.32. The van der Waals surface area contributed by atoms with Gasteiger partial charge in [0.05, 0.1) is 6.61 Å². The van der Waals surface area contributed by atoms with E-state index < -0.39 is 0 Å². The first kappa shape index (κ1) is 13.6. The lowest BCUT2D eigenvalue weighted by Gasteiger charge is -2.35. The Morgan fingerprint density at radius 3 is 2.94 bits per heavy atom. The number of rotatable bonds is 4. The highest BCUT2D eigenvalue weighted by Gasteiger charge is 2.28. The average Bonchev–Trinajstić information content (AvgIpc) is 2.35. The summed E-state index contributed by atoms with van der Waals surface area (Å²) in [7, 11) is 0. The van der Waals surface area contributed by atoms with E-state index in [2.05, 4.69) is 43.0 Å². The van der Waals surface area contributed by atoms with Crippen LogP contribution in [-0.4, -0.2) is 6.61 Å². The van der Waals surface area contributed by atoms with E-state index in [-0.39, 0.29) is 0 Å². The summed E-state index contributed by atoms with van der Waals surface area (Å²) in [5.41, 5.74) is 3.33. The van der Waals surface area contributed by atoms with Crippen molar-refractivity contribution in [3.05, 3.63) is 35.4 Å². The van der Waals surface area contributed by atoms with Crippen molar-refractivity contribution in [2.45, 2.75) is 51.9 Å². The molecule has 2 heteroatoms. The minimum atomic E-state index is 0.499. The van der Waals surface area contributed by atoms with E-state index in [9.17, 15) is 0 Å². The van der Waals surface area contributed by atoms with Crippen molar-refractivity contribution in [2.24, 2.45) is 11.3 Å². The Morgan fingerprint density at radius 1 is 1.39 bits per heavy atom. The second-order valence-corrected chi connectivity index (χ2v) is 6.32. The van der Waals surface area contributed by atoms with Crippen LogP contribution in [0.1, 0.15) is 56.6 Å². The molecule has 1 atom stereocenters. The fourth-order valence-electron chi connectivity index (χ4n) is 3.16. The lowest BCUT2D eigenvalue weighted by Crippen LogP contribution is -2.21. The topological polar surface area (TPSA) is 35.2 Å². The summed E-state index contributed by atoms with van der Waals surface area (Å²) < 4.78 is 0. The van der Waals surface area contributed by atoms with Gasteiger partial charge in [-0.3, -0.25) is 0 Å². The monoisotopic (exact) mass is 247 g/mol. The maximum Gasteiger partial charge on any atom is 0.0719 e. The highest BCUT2D eigenvalue weighted by Crippen LogP contribution is 2.43. The van der Waals surface area contributed by atoms with Crippen LogP contribution in [0.4, 0.5) is 0 Å². The maximum absolute atomic E-state index is 5.09. The van der Waals surface area contributed by atoms with E-state index in [1.165, 1.54) is 36.8 Å². The molecule has 2 N–H and O–H groups in total. The highest BCUT2D eigenvalue weighted by atomic mass is 16.6. The molecule has 2 rings (SSSR count). The Labute approximate surface area is 110 Å². The largest absolute Gasteiger partial charge is 0.304 e. The fraction of sp³-hybridized carbons (Fsp3) is 0.625. The maximum atomic E-state index is 5.09. The first-order chi connectivity index (χ1) is 8.61. The minimum Gasteiger partial charge on any atom is -0.304 e. The molecular formula is C16H25NO. The average molecular weight is 247 g/mol. The van der Waals surface area contributed by atoms with E-state index in [1.54, 1.807) is 0 Å². The molecule has 0 bridgehead atoms. The van der Waals surface area contributed by atoms with Crippen molar-refractivity contribution in [3.8, 4) is 0 Å². The Hall–Kier alpha value is -0.860. The van der Waals surface area contributed by atoms with Gasteiger partial charge in [-0.15, -0.1) is 0 Å². The third kappa shape index (κ3) is 3.56. The SMILES string of the molecule is CC1(C)CCCC(c2cccc(CCON)c2)C1. The van der Waals surface area contributed by atoms with E-state index in [0.717, 1.165) is 12.3 Å². The lowest BCUT2D eigenvalue weighted by molar-refractivity contribution is 0.141. The van der Waals surface area contributed by atoms with Crippen LogP contribution in [0.3, 0.4) is 0 Å². The molecule has 1 aliphatic rings. The zero-order valence-electron chi connectivity index (χ0n) is 11.6. The summed E-state index contributed by atoms with van der Waals surface area (Å²) in [6.07, 6.45) is 6.27. The van der Waals surface area contributed by atoms with Gasteiger partial charge < -0.3 is 4.84 Å². The highest BCUT2D eigenvalue weighted by molar-refractivity contribution is 5.27. The van der Waals surface area contributed by atoms with Crippen molar-refractivity contribution >= 4 is 0 Å². The molecule has 1 aromatic rings. The van der Waals surface area contributed by atoms with Gasteiger partial charge in [-0.1, -0.05) is 44.5 Å². The summed E-state index contributed by atoms with van der Waals surface area (Å²) >= 11 is 0. The van der Waals surface area contributed by atoms with Gasteiger partial charge in [-0.2, -0.15) is 0 Å².